The molecule has 0 aromatic carbocycles. The molecule has 4 aliphatic rings. The monoisotopic (exact) mass is 338 g/mol. The van der Waals surface area contributed by atoms with Gasteiger partial charge in [-0.25, -0.2) is 0 Å². The standard InChI is InChI=1S/C18H34O2Si2/c1-19-22(5,6)13-17(20-21(2,3)4)18-10-14-7-15(11-18)9-16(8-14)12-18/h13-16H,7-12H2,1-6H3/b17-13+. The molecule has 126 valence electrons. The highest BCUT2D eigenvalue weighted by molar-refractivity contribution is 6.76. The number of hydrogen-bond acceptors (Lipinski definition) is 2. The highest BCUT2D eigenvalue weighted by Crippen LogP contribution is 2.63. The van der Waals surface area contributed by atoms with E-state index in [0.29, 0.717) is 5.41 Å². The smallest absolute Gasteiger partial charge is 0.241 e. The van der Waals surface area contributed by atoms with Gasteiger partial charge in [0, 0.05) is 12.5 Å². The van der Waals surface area contributed by atoms with E-state index in [4.69, 9.17) is 8.85 Å². The molecule has 4 bridgehead atoms. The van der Waals surface area contributed by atoms with E-state index in [2.05, 4.69) is 38.4 Å². The van der Waals surface area contributed by atoms with E-state index < -0.39 is 16.6 Å². The number of rotatable bonds is 5. The van der Waals surface area contributed by atoms with Gasteiger partial charge in [0.1, 0.15) is 0 Å². The van der Waals surface area contributed by atoms with Gasteiger partial charge in [0.05, 0.1) is 5.76 Å². The molecular formula is C18H34O2Si2. The van der Waals surface area contributed by atoms with Crippen molar-refractivity contribution in [3.63, 3.8) is 0 Å². The quantitative estimate of drug-likeness (QED) is 0.498. The lowest BCUT2D eigenvalue weighted by Crippen LogP contribution is -2.49. The molecule has 0 unspecified atom stereocenters. The molecule has 0 N–H and O–H groups in total. The average molecular weight is 339 g/mol. The molecule has 4 fully saturated rings. The predicted molar refractivity (Wildman–Crippen MR) is 97.6 cm³/mol. The summed E-state index contributed by atoms with van der Waals surface area (Å²) in [5, 5.41) is 0. The summed E-state index contributed by atoms with van der Waals surface area (Å²) in [6.45, 7) is 11.6. The summed E-state index contributed by atoms with van der Waals surface area (Å²) < 4.78 is 12.6. The Hall–Kier alpha value is -0.0662. The van der Waals surface area contributed by atoms with E-state index >= 15 is 0 Å². The topological polar surface area (TPSA) is 18.5 Å². The minimum absolute atomic E-state index is 0.359. The van der Waals surface area contributed by atoms with Crippen LogP contribution in [0.3, 0.4) is 0 Å². The van der Waals surface area contributed by atoms with Gasteiger partial charge in [-0.2, -0.15) is 0 Å². The Kier molecular flexibility index (Phi) is 4.19. The molecule has 0 aromatic heterocycles. The van der Waals surface area contributed by atoms with Crippen molar-refractivity contribution in [1.82, 2.24) is 0 Å². The van der Waals surface area contributed by atoms with Gasteiger partial charge >= 0.3 is 0 Å². The highest BCUT2D eigenvalue weighted by Gasteiger charge is 2.54. The summed E-state index contributed by atoms with van der Waals surface area (Å²) in [6, 6.07) is 0. The van der Waals surface area contributed by atoms with Crippen LogP contribution in [-0.2, 0) is 8.85 Å². The molecule has 0 aromatic rings. The molecule has 4 rings (SSSR count). The second kappa shape index (κ2) is 5.49. The van der Waals surface area contributed by atoms with Gasteiger partial charge < -0.3 is 8.85 Å². The Balaban J connectivity index is 1.95. The lowest BCUT2D eigenvalue weighted by Gasteiger charge is -2.58. The predicted octanol–water partition coefficient (Wildman–Crippen LogP) is 5.33. The van der Waals surface area contributed by atoms with Gasteiger partial charge in [-0.15, -0.1) is 0 Å². The molecule has 0 atom stereocenters. The average Bonchev–Trinajstić information content (AvgIpc) is 2.34. The van der Waals surface area contributed by atoms with Gasteiger partial charge in [0.2, 0.25) is 16.6 Å². The van der Waals surface area contributed by atoms with Gasteiger partial charge in [0.25, 0.3) is 0 Å². The first-order valence-electron chi connectivity index (χ1n) is 9.08. The highest BCUT2D eigenvalue weighted by atomic mass is 28.4. The summed E-state index contributed by atoms with van der Waals surface area (Å²) in [5.41, 5.74) is 2.82. The van der Waals surface area contributed by atoms with Crippen LogP contribution in [0, 0.1) is 23.2 Å². The largest absolute Gasteiger partial charge is 0.547 e. The fourth-order valence-electron chi connectivity index (χ4n) is 5.41. The minimum Gasteiger partial charge on any atom is -0.547 e. The van der Waals surface area contributed by atoms with Crippen LogP contribution in [0.2, 0.25) is 32.7 Å². The lowest BCUT2D eigenvalue weighted by molar-refractivity contribution is -0.0483. The van der Waals surface area contributed by atoms with Crippen molar-refractivity contribution in [3.05, 3.63) is 11.5 Å². The first kappa shape index (κ1) is 16.8. The van der Waals surface area contributed by atoms with Gasteiger partial charge in [-0.1, -0.05) is 0 Å². The Morgan fingerprint density at radius 1 is 0.909 bits per heavy atom. The van der Waals surface area contributed by atoms with Crippen molar-refractivity contribution in [1.29, 1.82) is 0 Å². The summed E-state index contributed by atoms with van der Waals surface area (Å²) in [6.07, 6.45) is 8.61. The maximum atomic E-state index is 6.72. The zero-order valence-corrected chi connectivity index (χ0v) is 17.4. The van der Waals surface area contributed by atoms with E-state index in [1.54, 1.807) is 0 Å². The van der Waals surface area contributed by atoms with Crippen LogP contribution in [0.1, 0.15) is 38.5 Å². The Morgan fingerprint density at radius 2 is 1.36 bits per heavy atom. The summed E-state index contributed by atoms with van der Waals surface area (Å²) in [5.74, 6) is 4.25. The summed E-state index contributed by atoms with van der Waals surface area (Å²) >= 11 is 0. The maximum Gasteiger partial charge on any atom is 0.241 e. The normalized spacial score (nSPS) is 38.5. The van der Waals surface area contributed by atoms with E-state index in [1.165, 1.54) is 44.3 Å². The molecule has 0 radical (unpaired) electrons. The molecule has 0 amide bonds. The lowest BCUT2D eigenvalue weighted by atomic mass is 9.49. The van der Waals surface area contributed by atoms with Crippen LogP contribution >= 0.6 is 0 Å². The zero-order valence-electron chi connectivity index (χ0n) is 15.4. The van der Waals surface area contributed by atoms with Crippen LogP contribution in [0.5, 0.6) is 0 Å². The van der Waals surface area contributed by atoms with Gasteiger partial charge in [-0.3, -0.25) is 0 Å². The van der Waals surface area contributed by atoms with Crippen molar-refractivity contribution in [2.24, 2.45) is 23.2 Å². The molecule has 22 heavy (non-hydrogen) atoms. The van der Waals surface area contributed by atoms with Crippen molar-refractivity contribution >= 4 is 16.6 Å². The van der Waals surface area contributed by atoms with Crippen molar-refractivity contribution in [3.8, 4) is 0 Å². The molecule has 4 saturated carbocycles. The molecule has 0 aliphatic heterocycles. The first-order valence-corrected chi connectivity index (χ1v) is 15.5. The third kappa shape index (κ3) is 3.39. The Bertz CT molecular complexity index is 427. The van der Waals surface area contributed by atoms with Crippen LogP contribution in [0.15, 0.2) is 11.5 Å². The Morgan fingerprint density at radius 3 is 1.73 bits per heavy atom. The van der Waals surface area contributed by atoms with E-state index in [0.717, 1.165) is 17.8 Å². The molecule has 0 saturated heterocycles. The fraction of sp³-hybridized carbons (Fsp3) is 0.889. The van der Waals surface area contributed by atoms with E-state index in [9.17, 15) is 0 Å². The van der Waals surface area contributed by atoms with Crippen LogP contribution in [-0.4, -0.2) is 23.7 Å². The summed E-state index contributed by atoms with van der Waals surface area (Å²) in [7, 11) is -1.47. The molecule has 0 heterocycles. The van der Waals surface area contributed by atoms with Crippen LogP contribution in [0.25, 0.3) is 0 Å². The molecule has 0 spiro atoms. The second-order valence-corrected chi connectivity index (χ2v) is 18.1. The van der Waals surface area contributed by atoms with Crippen molar-refractivity contribution in [2.75, 3.05) is 7.11 Å². The van der Waals surface area contributed by atoms with Crippen molar-refractivity contribution in [2.45, 2.75) is 71.3 Å². The third-order valence-corrected chi connectivity index (χ3v) is 8.82. The number of hydrogen-bond donors (Lipinski definition) is 0. The second-order valence-electron chi connectivity index (χ2n) is 9.73. The van der Waals surface area contributed by atoms with Crippen molar-refractivity contribution < 1.29 is 8.85 Å². The van der Waals surface area contributed by atoms with Gasteiger partial charge in [0.15, 0.2) is 0 Å². The minimum atomic E-state index is -1.76. The molecule has 4 heteroatoms. The maximum absolute atomic E-state index is 6.72. The van der Waals surface area contributed by atoms with Gasteiger partial charge in [-0.05, 0) is 94.7 Å². The Labute approximate surface area is 138 Å². The summed E-state index contributed by atoms with van der Waals surface area (Å²) in [4.78, 5) is 0. The van der Waals surface area contributed by atoms with E-state index in [-0.39, 0.29) is 0 Å². The molecule has 4 aliphatic carbocycles. The fourth-order valence-corrected chi connectivity index (χ4v) is 7.58. The first-order chi connectivity index (χ1) is 10.1. The SMILES string of the molecule is CO[Si](C)(C)/C=C(/O[Si](C)(C)C)C12CC3CC(CC(C3)C1)C2. The van der Waals surface area contributed by atoms with Crippen LogP contribution in [0.4, 0.5) is 0 Å². The molecule has 2 nitrogen and oxygen atoms in total. The number of allylic oxidation sites excluding steroid dienone is 1. The molecular weight excluding hydrogens is 304 g/mol. The van der Waals surface area contributed by atoms with Crippen LogP contribution < -0.4 is 0 Å². The zero-order chi connectivity index (χ0) is 16.2. The van der Waals surface area contributed by atoms with E-state index in [1.807, 2.05) is 7.11 Å². The third-order valence-electron chi connectivity index (χ3n) is 5.98.